The van der Waals surface area contributed by atoms with Gasteiger partial charge in [0.15, 0.2) is 0 Å². The molecule has 34 heavy (non-hydrogen) atoms. The molecule has 1 heterocycles. The number of urea groups is 1. The number of benzene rings is 2. The van der Waals surface area contributed by atoms with Crippen molar-refractivity contribution < 1.29 is 27.5 Å². The number of anilines is 3. The molecule has 0 radical (unpaired) electrons. The number of halogens is 3. The number of rotatable bonds is 7. The van der Waals surface area contributed by atoms with Crippen LogP contribution in [-0.4, -0.2) is 45.3 Å². The number of alkyl halides is 3. The summed E-state index contributed by atoms with van der Waals surface area (Å²) in [6.45, 7) is 4.54. The molecule has 3 amide bonds. The van der Waals surface area contributed by atoms with Crippen LogP contribution in [0.4, 0.5) is 35.0 Å². The fourth-order valence-corrected chi connectivity index (χ4v) is 3.75. The molecule has 7 nitrogen and oxygen atoms in total. The predicted octanol–water partition coefficient (Wildman–Crippen LogP) is 4.96. The molecule has 1 fully saturated rings. The third kappa shape index (κ3) is 6.86. The van der Waals surface area contributed by atoms with Crippen LogP contribution in [0.15, 0.2) is 42.5 Å². The molecule has 184 valence electrons. The van der Waals surface area contributed by atoms with Crippen LogP contribution in [0, 0.1) is 5.92 Å². The van der Waals surface area contributed by atoms with E-state index < -0.39 is 17.8 Å². The van der Waals surface area contributed by atoms with Gasteiger partial charge in [-0.05, 0) is 55.2 Å². The second-order valence-electron chi connectivity index (χ2n) is 8.31. The van der Waals surface area contributed by atoms with Crippen LogP contribution in [0.2, 0.25) is 0 Å². The minimum absolute atomic E-state index is 0.00362. The maximum atomic E-state index is 12.9. The minimum atomic E-state index is -4.51. The van der Waals surface area contributed by atoms with Gasteiger partial charge < -0.3 is 25.6 Å². The molecule has 1 aliphatic rings. The molecule has 0 spiro atoms. The SMILES string of the molecule is COCCNC(=O)c1cc(NC(=O)Nc2cccc(C(F)(F)F)c2)ccc1N1CCC(C)CC1. The number of hydrogen-bond acceptors (Lipinski definition) is 4. The molecule has 2 aromatic rings. The highest BCUT2D eigenvalue weighted by Gasteiger charge is 2.30. The molecule has 10 heteroatoms. The van der Waals surface area contributed by atoms with Gasteiger partial charge in [-0.2, -0.15) is 13.2 Å². The summed E-state index contributed by atoms with van der Waals surface area (Å²) in [4.78, 5) is 27.5. The molecular formula is C24H29F3N4O3. The first-order chi connectivity index (χ1) is 16.2. The van der Waals surface area contributed by atoms with Gasteiger partial charge in [0.2, 0.25) is 0 Å². The molecule has 0 atom stereocenters. The number of piperidine rings is 1. The fourth-order valence-electron chi connectivity index (χ4n) is 3.75. The Morgan fingerprint density at radius 1 is 1.06 bits per heavy atom. The molecule has 0 bridgehead atoms. The minimum Gasteiger partial charge on any atom is -0.383 e. The van der Waals surface area contributed by atoms with E-state index in [1.54, 1.807) is 25.3 Å². The van der Waals surface area contributed by atoms with Crippen molar-refractivity contribution in [3.05, 3.63) is 53.6 Å². The number of nitrogens with one attached hydrogen (secondary N) is 3. The zero-order valence-corrected chi connectivity index (χ0v) is 19.2. The van der Waals surface area contributed by atoms with Gasteiger partial charge in [0, 0.05) is 43.8 Å². The number of carbonyl (C=O) groups is 2. The predicted molar refractivity (Wildman–Crippen MR) is 125 cm³/mol. The summed E-state index contributed by atoms with van der Waals surface area (Å²) in [6.07, 6.45) is -2.48. The van der Waals surface area contributed by atoms with Crippen molar-refractivity contribution in [3.8, 4) is 0 Å². The van der Waals surface area contributed by atoms with Crippen LogP contribution in [-0.2, 0) is 10.9 Å². The van der Waals surface area contributed by atoms with E-state index in [0.717, 1.165) is 43.8 Å². The summed E-state index contributed by atoms with van der Waals surface area (Å²) in [5.41, 5.74) is 0.660. The number of nitrogens with zero attached hydrogens (tertiary/aromatic N) is 1. The zero-order valence-electron chi connectivity index (χ0n) is 19.2. The van der Waals surface area contributed by atoms with Crippen molar-refractivity contribution in [2.24, 2.45) is 5.92 Å². The Bertz CT molecular complexity index is 1010. The Kier molecular flexibility index (Phi) is 8.38. The lowest BCUT2D eigenvalue weighted by molar-refractivity contribution is -0.137. The van der Waals surface area contributed by atoms with Gasteiger partial charge in [0.1, 0.15) is 0 Å². The summed E-state index contributed by atoms with van der Waals surface area (Å²) in [5.74, 6) is 0.323. The molecule has 2 aromatic carbocycles. The number of hydrogen-bond donors (Lipinski definition) is 3. The van der Waals surface area contributed by atoms with Crippen molar-refractivity contribution >= 4 is 29.0 Å². The summed E-state index contributed by atoms with van der Waals surface area (Å²) in [5, 5.41) is 7.80. The highest BCUT2D eigenvalue weighted by molar-refractivity contribution is 6.04. The number of carbonyl (C=O) groups excluding carboxylic acids is 2. The van der Waals surface area contributed by atoms with E-state index in [9.17, 15) is 22.8 Å². The van der Waals surface area contributed by atoms with E-state index in [-0.39, 0.29) is 11.6 Å². The van der Waals surface area contributed by atoms with Gasteiger partial charge in [-0.15, -0.1) is 0 Å². The zero-order chi connectivity index (χ0) is 24.7. The van der Waals surface area contributed by atoms with Crippen LogP contribution < -0.4 is 20.9 Å². The van der Waals surface area contributed by atoms with Gasteiger partial charge in [0.25, 0.3) is 5.91 Å². The van der Waals surface area contributed by atoms with Crippen LogP contribution in [0.3, 0.4) is 0 Å². The van der Waals surface area contributed by atoms with Crippen molar-refractivity contribution in [2.75, 3.05) is 48.9 Å². The molecule has 0 unspecified atom stereocenters. The van der Waals surface area contributed by atoms with Crippen molar-refractivity contribution in [3.63, 3.8) is 0 Å². The Labute approximate surface area is 196 Å². The molecular weight excluding hydrogens is 449 g/mol. The monoisotopic (exact) mass is 478 g/mol. The van der Waals surface area contributed by atoms with E-state index >= 15 is 0 Å². The van der Waals surface area contributed by atoms with E-state index in [2.05, 4.69) is 27.8 Å². The van der Waals surface area contributed by atoms with Gasteiger partial charge in [-0.25, -0.2) is 4.79 Å². The first-order valence-electron chi connectivity index (χ1n) is 11.1. The fraction of sp³-hybridized carbons (Fsp3) is 0.417. The molecule has 0 aromatic heterocycles. The molecule has 3 N–H and O–H groups in total. The Balaban J connectivity index is 1.76. The van der Waals surface area contributed by atoms with Crippen LogP contribution >= 0.6 is 0 Å². The maximum absolute atomic E-state index is 12.9. The van der Waals surface area contributed by atoms with Gasteiger partial charge in [0.05, 0.1) is 17.7 Å². The smallest absolute Gasteiger partial charge is 0.383 e. The van der Waals surface area contributed by atoms with Crippen molar-refractivity contribution in [1.82, 2.24) is 5.32 Å². The number of methoxy groups -OCH3 is 1. The summed E-state index contributed by atoms with van der Waals surface area (Å²) in [6, 6.07) is 8.67. The average Bonchev–Trinajstić information content (AvgIpc) is 2.79. The molecule has 3 rings (SSSR count). The quantitative estimate of drug-likeness (QED) is 0.491. The second-order valence-corrected chi connectivity index (χ2v) is 8.31. The lowest BCUT2D eigenvalue weighted by atomic mass is 9.98. The summed E-state index contributed by atoms with van der Waals surface area (Å²) >= 11 is 0. The standard InChI is InChI=1S/C24H29F3N4O3/c1-16-8-11-31(12-9-16)21-7-6-19(15-20(21)22(32)28-10-13-34-2)30-23(33)29-18-5-3-4-17(14-18)24(25,26)27/h3-7,14-16H,8-13H2,1-2H3,(H,28,32)(H2,29,30,33). The lowest BCUT2D eigenvalue weighted by Gasteiger charge is -2.33. The average molecular weight is 479 g/mol. The van der Waals surface area contributed by atoms with Crippen LogP contribution in [0.1, 0.15) is 35.7 Å². The first-order valence-corrected chi connectivity index (χ1v) is 11.1. The Morgan fingerprint density at radius 2 is 1.74 bits per heavy atom. The van der Waals surface area contributed by atoms with E-state index in [1.807, 2.05) is 0 Å². The molecule has 1 saturated heterocycles. The molecule has 0 aliphatic carbocycles. The topological polar surface area (TPSA) is 82.7 Å². The van der Waals surface area contributed by atoms with Crippen molar-refractivity contribution in [2.45, 2.75) is 25.9 Å². The maximum Gasteiger partial charge on any atom is 0.416 e. The van der Waals surface area contributed by atoms with Gasteiger partial charge in [-0.3, -0.25) is 4.79 Å². The van der Waals surface area contributed by atoms with Crippen molar-refractivity contribution in [1.29, 1.82) is 0 Å². The van der Waals surface area contributed by atoms with E-state index in [0.29, 0.717) is 30.3 Å². The number of amides is 3. The molecule has 0 saturated carbocycles. The highest BCUT2D eigenvalue weighted by atomic mass is 19.4. The lowest BCUT2D eigenvalue weighted by Crippen LogP contribution is -2.35. The Hall–Kier alpha value is -3.27. The third-order valence-corrected chi connectivity index (χ3v) is 5.66. The van der Waals surface area contributed by atoms with E-state index in [1.165, 1.54) is 12.1 Å². The molecule has 1 aliphatic heterocycles. The Morgan fingerprint density at radius 3 is 2.38 bits per heavy atom. The summed E-state index contributed by atoms with van der Waals surface area (Å²) < 4.78 is 43.7. The second kappa shape index (κ2) is 11.2. The third-order valence-electron chi connectivity index (χ3n) is 5.66. The normalized spacial score (nSPS) is 14.6. The summed E-state index contributed by atoms with van der Waals surface area (Å²) in [7, 11) is 1.54. The van der Waals surface area contributed by atoms with Crippen LogP contribution in [0.25, 0.3) is 0 Å². The van der Waals surface area contributed by atoms with Crippen LogP contribution in [0.5, 0.6) is 0 Å². The van der Waals surface area contributed by atoms with Gasteiger partial charge in [-0.1, -0.05) is 13.0 Å². The first kappa shape index (κ1) is 25.4. The van der Waals surface area contributed by atoms with Gasteiger partial charge >= 0.3 is 12.2 Å². The highest BCUT2D eigenvalue weighted by Crippen LogP contribution is 2.31. The largest absolute Gasteiger partial charge is 0.416 e. The number of ether oxygens (including phenoxy) is 1. The van der Waals surface area contributed by atoms with E-state index in [4.69, 9.17) is 4.74 Å².